The predicted octanol–water partition coefficient (Wildman–Crippen LogP) is 1.64. The van der Waals surface area contributed by atoms with Crippen LogP contribution in [0.3, 0.4) is 0 Å². The molecule has 0 fully saturated rings. The Morgan fingerprint density at radius 3 is 2.38 bits per heavy atom. The van der Waals surface area contributed by atoms with Crippen molar-refractivity contribution in [3.63, 3.8) is 0 Å². The zero-order chi connectivity index (χ0) is 9.84. The van der Waals surface area contributed by atoms with Gasteiger partial charge in [0.05, 0.1) is 0 Å². The number of urea groups is 1. The minimum absolute atomic E-state index is 0.128. The molecule has 0 spiro atoms. The fraction of sp³-hybridized carbons (Fsp3) is 0.200. The molecule has 1 aromatic carbocycles. The van der Waals surface area contributed by atoms with Crippen LogP contribution in [0.1, 0.15) is 5.56 Å². The Hall–Kier alpha value is -1.51. The second-order valence-corrected chi connectivity index (χ2v) is 2.78. The van der Waals surface area contributed by atoms with E-state index in [1.54, 1.807) is 19.0 Å². The molecule has 0 saturated carbocycles. The van der Waals surface area contributed by atoms with Crippen LogP contribution in [0.15, 0.2) is 24.3 Å². The Morgan fingerprint density at radius 2 is 1.92 bits per heavy atom. The van der Waals surface area contributed by atoms with Crippen molar-refractivity contribution in [1.82, 2.24) is 5.32 Å². The monoisotopic (exact) mass is 177 g/mol. The summed E-state index contributed by atoms with van der Waals surface area (Å²) in [7, 11) is 3.32. The van der Waals surface area contributed by atoms with Crippen LogP contribution in [0, 0.1) is 6.92 Å². The zero-order valence-electron chi connectivity index (χ0n) is 7.87. The summed E-state index contributed by atoms with van der Waals surface area (Å²) in [5, 5.41) is 2.55. The first-order chi connectivity index (χ1) is 6.15. The molecule has 3 heteroatoms. The molecule has 0 aliphatic rings. The quantitative estimate of drug-likeness (QED) is 0.695. The van der Waals surface area contributed by atoms with Gasteiger partial charge < -0.3 is 5.32 Å². The summed E-state index contributed by atoms with van der Waals surface area (Å²) in [6.07, 6.45) is 0. The number of carbonyl (C=O) groups is 1. The van der Waals surface area contributed by atoms with Crippen molar-refractivity contribution in [3.05, 3.63) is 36.8 Å². The lowest BCUT2D eigenvalue weighted by molar-refractivity contribution is 0.249. The lowest BCUT2D eigenvalue weighted by Crippen LogP contribution is -2.34. The summed E-state index contributed by atoms with van der Waals surface area (Å²) >= 11 is 0. The molecule has 1 rings (SSSR count). The number of amides is 2. The Kier molecular flexibility index (Phi) is 2.90. The van der Waals surface area contributed by atoms with Crippen LogP contribution in [0.25, 0.3) is 0 Å². The average molecular weight is 177 g/mol. The van der Waals surface area contributed by atoms with Gasteiger partial charge in [-0.2, -0.15) is 0 Å². The molecule has 13 heavy (non-hydrogen) atoms. The van der Waals surface area contributed by atoms with Crippen LogP contribution in [0.5, 0.6) is 0 Å². The van der Waals surface area contributed by atoms with Gasteiger partial charge in [0.2, 0.25) is 0 Å². The Morgan fingerprint density at radius 1 is 1.38 bits per heavy atom. The van der Waals surface area contributed by atoms with E-state index in [-0.39, 0.29) is 6.03 Å². The van der Waals surface area contributed by atoms with Gasteiger partial charge >= 0.3 is 6.03 Å². The minimum atomic E-state index is -0.128. The number of hydrogen-bond acceptors (Lipinski definition) is 1. The third-order valence-electron chi connectivity index (χ3n) is 1.84. The van der Waals surface area contributed by atoms with Gasteiger partial charge in [0.15, 0.2) is 0 Å². The molecule has 0 aromatic heterocycles. The normalized spacial score (nSPS) is 9.46. The molecule has 0 aliphatic carbocycles. The van der Waals surface area contributed by atoms with Gasteiger partial charge in [-0.3, -0.25) is 4.90 Å². The molecule has 1 N–H and O–H groups in total. The van der Waals surface area contributed by atoms with Crippen molar-refractivity contribution in [2.45, 2.75) is 0 Å². The van der Waals surface area contributed by atoms with Gasteiger partial charge in [-0.05, 0) is 24.6 Å². The number of hydrogen-bond donors (Lipinski definition) is 1. The van der Waals surface area contributed by atoms with E-state index in [4.69, 9.17) is 0 Å². The van der Waals surface area contributed by atoms with Gasteiger partial charge in [-0.15, -0.1) is 0 Å². The molecule has 0 bridgehead atoms. The molecule has 1 radical (unpaired) electrons. The smallest absolute Gasteiger partial charge is 0.321 e. The Bertz CT molecular complexity index is 292. The third-order valence-corrected chi connectivity index (χ3v) is 1.84. The summed E-state index contributed by atoms with van der Waals surface area (Å²) in [4.78, 5) is 12.7. The average Bonchev–Trinajstić information content (AvgIpc) is 2.17. The van der Waals surface area contributed by atoms with E-state index in [1.807, 2.05) is 24.3 Å². The molecule has 69 valence electrons. The number of rotatable bonds is 1. The van der Waals surface area contributed by atoms with Crippen LogP contribution >= 0.6 is 0 Å². The highest BCUT2D eigenvalue weighted by Gasteiger charge is 2.06. The predicted molar refractivity (Wildman–Crippen MR) is 53.8 cm³/mol. The maximum Gasteiger partial charge on any atom is 0.321 e. The van der Waals surface area contributed by atoms with E-state index >= 15 is 0 Å². The first-order valence-electron chi connectivity index (χ1n) is 4.02. The molecule has 0 heterocycles. The van der Waals surface area contributed by atoms with Crippen LogP contribution in [-0.2, 0) is 0 Å². The number of carbonyl (C=O) groups excluding carboxylic acids is 1. The van der Waals surface area contributed by atoms with Gasteiger partial charge in [0, 0.05) is 19.8 Å². The summed E-state index contributed by atoms with van der Waals surface area (Å²) in [6, 6.07) is 7.33. The lowest BCUT2D eigenvalue weighted by Gasteiger charge is -2.16. The SMILES string of the molecule is [CH2]c1ccc(N(C)C(=O)NC)cc1. The van der Waals surface area contributed by atoms with Gasteiger partial charge in [0.1, 0.15) is 0 Å². The molecule has 0 saturated heterocycles. The van der Waals surface area contributed by atoms with Crippen molar-refractivity contribution in [1.29, 1.82) is 0 Å². The maximum atomic E-state index is 11.2. The van der Waals surface area contributed by atoms with E-state index in [2.05, 4.69) is 12.2 Å². The van der Waals surface area contributed by atoms with Crippen molar-refractivity contribution in [2.75, 3.05) is 19.0 Å². The van der Waals surface area contributed by atoms with E-state index < -0.39 is 0 Å². The molecular formula is C10H13N2O. The summed E-state index contributed by atoms with van der Waals surface area (Å²) in [6.45, 7) is 3.77. The number of nitrogens with one attached hydrogen (secondary N) is 1. The van der Waals surface area contributed by atoms with E-state index in [1.165, 1.54) is 0 Å². The highest BCUT2D eigenvalue weighted by atomic mass is 16.2. The topological polar surface area (TPSA) is 32.3 Å². The molecular weight excluding hydrogens is 164 g/mol. The summed E-state index contributed by atoms with van der Waals surface area (Å²) < 4.78 is 0. The van der Waals surface area contributed by atoms with Crippen molar-refractivity contribution in [3.8, 4) is 0 Å². The van der Waals surface area contributed by atoms with Gasteiger partial charge in [0.25, 0.3) is 0 Å². The van der Waals surface area contributed by atoms with Gasteiger partial charge in [-0.1, -0.05) is 12.1 Å². The highest BCUT2D eigenvalue weighted by Crippen LogP contribution is 2.12. The molecule has 1 aromatic rings. The number of anilines is 1. The second-order valence-electron chi connectivity index (χ2n) is 2.78. The van der Waals surface area contributed by atoms with Crippen LogP contribution < -0.4 is 10.2 Å². The number of benzene rings is 1. The minimum Gasteiger partial charge on any atom is -0.341 e. The van der Waals surface area contributed by atoms with E-state index in [0.717, 1.165) is 11.3 Å². The third kappa shape index (κ3) is 2.21. The second kappa shape index (κ2) is 3.94. The van der Waals surface area contributed by atoms with Gasteiger partial charge in [-0.25, -0.2) is 4.79 Å². The van der Waals surface area contributed by atoms with Crippen LogP contribution in [0.4, 0.5) is 10.5 Å². The van der Waals surface area contributed by atoms with E-state index in [9.17, 15) is 4.79 Å². The number of nitrogens with zero attached hydrogens (tertiary/aromatic N) is 1. The van der Waals surface area contributed by atoms with Crippen molar-refractivity contribution >= 4 is 11.7 Å². The summed E-state index contributed by atoms with van der Waals surface area (Å²) in [5.41, 5.74) is 1.79. The molecule has 0 aliphatic heterocycles. The molecule has 2 amide bonds. The lowest BCUT2D eigenvalue weighted by atomic mass is 10.2. The van der Waals surface area contributed by atoms with E-state index in [0.29, 0.717) is 0 Å². The molecule has 3 nitrogen and oxygen atoms in total. The van der Waals surface area contributed by atoms with Crippen LogP contribution in [0.2, 0.25) is 0 Å². The molecule has 0 unspecified atom stereocenters. The van der Waals surface area contributed by atoms with Crippen molar-refractivity contribution < 1.29 is 4.79 Å². The fourth-order valence-corrected chi connectivity index (χ4v) is 1.00. The first kappa shape index (κ1) is 9.58. The Balaban J connectivity index is 2.83. The fourth-order valence-electron chi connectivity index (χ4n) is 1.00. The first-order valence-corrected chi connectivity index (χ1v) is 4.02. The van der Waals surface area contributed by atoms with Crippen LogP contribution in [-0.4, -0.2) is 20.1 Å². The van der Waals surface area contributed by atoms with Crippen molar-refractivity contribution in [2.24, 2.45) is 0 Å². The largest absolute Gasteiger partial charge is 0.341 e. The summed E-state index contributed by atoms with van der Waals surface area (Å²) in [5.74, 6) is 0. The molecule has 0 atom stereocenters. The maximum absolute atomic E-state index is 11.2. The zero-order valence-corrected chi connectivity index (χ0v) is 7.87. The Labute approximate surface area is 78.4 Å². The standard InChI is InChI=1S/C10H13N2O/c1-8-4-6-9(7-5-8)12(3)10(13)11-2/h4-7H,1H2,2-3H3,(H,11,13). The highest BCUT2D eigenvalue weighted by molar-refractivity contribution is 5.91.